The van der Waals surface area contributed by atoms with Crippen LogP contribution in [0.2, 0.25) is 0 Å². The molecule has 98 valence electrons. The van der Waals surface area contributed by atoms with Gasteiger partial charge in [0.2, 0.25) is 0 Å². The minimum Gasteiger partial charge on any atom is -0.352 e. The van der Waals surface area contributed by atoms with E-state index >= 15 is 0 Å². The molecule has 0 spiro atoms. The summed E-state index contributed by atoms with van der Waals surface area (Å²) in [5, 5.41) is 2.90. The normalized spacial score (nSPS) is 16.5. The topological polar surface area (TPSA) is 29.1 Å². The second-order valence-corrected chi connectivity index (χ2v) is 7.03. The number of amides is 1. The molecule has 18 heavy (non-hydrogen) atoms. The molecule has 2 rings (SSSR count). The van der Waals surface area contributed by atoms with Gasteiger partial charge in [-0.25, -0.2) is 0 Å². The molecule has 0 unspecified atom stereocenters. The van der Waals surface area contributed by atoms with Crippen molar-refractivity contribution < 1.29 is 4.79 Å². The van der Waals surface area contributed by atoms with Crippen LogP contribution < -0.4 is 5.32 Å². The van der Waals surface area contributed by atoms with Crippen molar-refractivity contribution in [2.75, 3.05) is 18.1 Å². The lowest BCUT2D eigenvalue weighted by Crippen LogP contribution is -2.23. The van der Waals surface area contributed by atoms with Gasteiger partial charge in [-0.05, 0) is 42.0 Å². The van der Waals surface area contributed by atoms with Gasteiger partial charge in [0.15, 0.2) is 0 Å². The van der Waals surface area contributed by atoms with E-state index in [1.807, 2.05) is 35.7 Å². The Labute approximate surface area is 117 Å². The maximum atomic E-state index is 11.8. The third-order valence-electron chi connectivity index (χ3n) is 2.81. The first-order chi connectivity index (χ1) is 8.81. The van der Waals surface area contributed by atoms with Crippen LogP contribution in [0.15, 0.2) is 24.3 Å². The van der Waals surface area contributed by atoms with E-state index in [-0.39, 0.29) is 5.91 Å². The Morgan fingerprint density at radius 1 is 1.28 bits per heavy atom. The van der Waals surface area contributed by atoms with E-state index in [4.69, 9.17) is 0 Å². The van der Waals surface area contributed by atoms with Gasteiger partial charge in [0.05, 0.1) is 4.58 Å². The molecular weight excluding hydrogens is 262 g/mol. The summed E-state index contributed by atoms with van der Waals surface area (Å²) in [6.45, 7) is 2.80. The van der Waals surface area contributed by atoms with Crippen LogP contribution >= 0.6 is 23.5 Å². The summed E-state index contributed by atoms with van der Waals surface area (Å²) in [5.74, 6) is 2.53. The van der Waals surface area contributed by atoms with E-state index in [2.05, 4.69) is 24.4 Å². The van der Waals surface area contributed by atoms with Crippen molar-refractivity contribution in [3.63, 3.8) is 0 Å². The largest absolute Gasteiger partial charge is 0.352 e. The molecule has 0 bridgehead atoms. The summed E-state index contributed by atoms with van der Waals surface area (Å²) in [6, 6.07) is 8.07. The summed E-state index contributed by atoms with van der Waals surface area (Å²) in [6.07, 6.45) is 2.28. The van der Waals surface area contributed by atoms with Crippen molar-refractivity contribution in [2.24, 2.45) is 0 Å². The van der Waals surface area contributed by atoms with Crippen molar-refractivity contribution in [3.05, 3.63) is 35.4 Å². The van der Waals surface area contributed by atoms with Crippen molar-refractivity contribution >= 4 is 29.4 Å². The number of rotatable bonds is 4. The highest BCUT2D eigenvalue weighted by Gasteiger charge is 2.16. The van der Waals surface area contributed by atoms with Crippen LogP contribution in [0, 0.1) is 0 Å². The van der Waals surface area contributed by atoms with E-state index in [0.717, 1.165) is 18.5 Å². The Morgan fingerprint density at radius 2 is 1.94 bits per heavy atom. The Kier molecular flexibility index (Phi) is 5.45. The van der Waals surface area contributed by atoms with Crippen LogP contribution in [0.4, 0.5) is 0 Å². The first kappa shape index (κ1) is 13.8. The molecule has 4 heteroatoms. The lowest BCUT2D eigenvalue weighted by molar-refractivity contribution is 0.0953. The summed E-state index contributed by atoms with van der Waals surface area (Å²) >= 11 is 4.01. The maximum Gasteiger partial charge on any atom is 0.251 e. The molecule has 1 fully saturated rings. The standard InChI is InChI=1S/C14H19NOS2/c1-2-8-15-13(16)11-4-6-12(7-5-11)14-17-9-3-10-18-14/h4-7,14H,2-3,8-10H2,1H3,(H,15,16). The number of hydrogen-bond donors (Lipinski definition) is 1. The first-order valence-electron chi connectivity index (χ1n) is 6.42. The molecule has 1 heterocycles. The van der Waals surface area contributed by atoms with Gasteiger partial charge in [0.25, 0.3) is 5.91 Å². The predicted molar refractivity (Wildman–Crippen MR) is 81.3 cm³/mol. The molecule has 0 radical (unpaired) electrons. The highest BCUT2D eigenvalue weighted by Crippen LogP contribution is 2.43. The van der Waals surface area contributed by atoms with Crippen LogP contribution in [-0.4, -0.2) is 24.0 Å². The molecule has 0 aromatic heterocycles. The van der Waals surface area contributed by atoms with Crippen molar-refractivity contribution in [1.82, 2.24) is 5.32 Å². The van der Waals surface area contributed by atoms with Crippen LogP contribution in [0.25, 0.3) is 0 Å². The van der Waals surface area contributed by atoms with Crippen molar-refractivity contribution in [1.29, 1.82) is 0 Å². The average molecular weight is 281 g/mol. The third-order valence-corrected chi connectivity index (χ3v) is 5.82. The smallest absolute Gasteiger partial charge is 0.251 e. The Hall–Kier alpha value is -0.610. The fourth-order valence-electron chi connectivity index (χ4n) is 1.81. The Bertz CT molecular complexity index is 385. The molecule has 1 aliphatic rings. The number of benzene rings is 1. The lowest BCUT2D eigenvalue weighted by Gasteiger charge is -2.21. The fraction of sp³-hybridized carbons (Fsp3) is 0.500. The molecule has 1 amide bonds. The Balaban J connectivity index is 1.98. The zero-order valence-corrected chi connectivity index (χ0v) is 12.3. The molecule has 1 N–H and O–H groups in total. The average Bonchev–Trinajstić information content (AvgIpc) is 2.46. The monoisotopic (exact) mass is 281 g/mol. The van der Waals surface area contributed by atoms with Crippen LogP contribution in [-0.2, 0) is 0 Å². The molecular formula is C14H19NOS2. The lowest BCUT2D eigenvalue weighted by atomic mass is 10.1. The van der Waals surface area contributed by atoms with E-state index in [1.54, 1.807) is 0 Å². The number of carbonyl (C=O) groups is 1. The van der Waals surface area contributed by atoms with Crippen molar-refractivity contribution in [3.8, 4) is 0 Å². The molecule has 1 aromatic carbocycles. The SMILES string of the molecule is CCCNC(=O)c1ccc(C2SCCCS2)cc1. The Morgan fingerprint density at radius 3 is 2.56 bits per heavy atom. The van der Waals surface area contributed by atoms with Crippen LogP contribution in [0.3, 0.4) is 0 Å². The number of hydrogen-bond acceptors (Lipinski definition) is 3. The maximum absolute atomic E-state index is 11.8. The fourth-order valence-corrected chi connectivity index (χ4v) is 4.71. The van der Waals surface area contributed by atoms with E-state index in [1.165, 1.54) is 23.5 Å². The quantitative estimate of drug-likeness (QED) is 0.912. The third kappa shape index (κ3) is 3.69. The van der Waals surface area contributed by atoms with E-state index < -0.39 is 0 Å². The first-order valence-corrected chi connectivity index (χ1v) is 8.52. The highest BCUT2D eigenvalue weighted by atomic mass is 32.2. The van der Waals surface area contributed by atoms with Gasteiger partial charge >= 0.3 is 0 Å². The zero-order chi connectivity index (χ0) is 12.8. The summed E-state index contributed by atoms with van der Waals surface area (Å²) < 4.78 is 0.548. The molecule has 2 nitrogen and oxygen atoms in total. The number of nitrogens with one attached hydrogen (secondary N) is 1. The van der Waals surface area contributed by atoms with Gasteiger partial charge in [-0.15, -0.1) is 23.5 Å². The molecule has 1 aliphatic heterocycles. The summed E-state index contributed by atoms with van der Waals surface area (Å²) in [5.41, 5.74) is 2.09. The molecule has 1 saturated heterocycles. The predicted octanol–water partition coefficient (Wildman–Crippen LogP) is 3.70. The highest BCUT2D eigenvalue weighted by molar-refractivity contribution is 8.16. The minimum absolute atomic E-state index is 0.0346. The van der Waals surface area contributed by atoms with Gasteiger partial charge in [-0.2, -0.15) is 0 Å². The molecule has 0 atom stereocenters. The molecule has 0 saturated carbocycles. The van der Waals surface area contributed by atoms with Crippen LogP contribution in [0.5, 0.6) is 0 Å². The van der Waals surface area contributed by atoms with Crippen LogP contribution in [0.1, 0.15) is 40.3 Å². The second-order valence-electron chi connectivity index (χ2n) is 4.30. The van der Waals surface area contributed by atoms with Gasteiger partial charge in [0.1, 0.15) is 0 Å². The summed E-state index contributed by atoms with van der Waals surface area (Å²) in [7, 11) is 0. The van der Waals surface area contributed by atoms with Gasteiger partial charge in [0, 0.05) is 12.1 Å². The minimum atomic E-state index is 0.0346. The molecule has 0 aliphatic carbocycles. The van der Waals surface area contributed by atoms with Gasteiger partial charge in [-0.3, -0.25) is 4.79 Å². The number of thioether (sulfide) groups is 2. The zero-order valence-electron chi connectivity index (χ0n) is 10.6. The molecule has 1 aromatic rings. The van der Waals surface area contributed by atoms with Gasteiger partial charge < -0.3 is 5.32 Å². The van der Waals surface area contributed by atoms with E-state index in [0.29, 0.717) is 4.58 Å². The number of carbonyl (C=O) groups excluding carboxylic acids is 1. The van der Waals surface area contributed by atoms with Crippen molar-refractivity contribution in [2.45, 2.75) is 24.3 Å². The van der Waals surface area contributed by atoms with E-state index in [9.17, 15) is 4.79 Å². The van der Waals surface area contributed by atoms with Gasteiger partial charge in [-0.1, -0.05) is 19.1 Å². The second kappa shape index (κ2) is 7.10. The summed E-state index contributed by atoms with van der Waals surface area (Å²) in [4.78, 5) is 11.8.